The highest BCUT2D eigenvalue weighted by molar-refractivity contribution is 7.99. The highest BCUT2D eigenvalue weighted by Gasteiger charge is 2.15. The van der Waals surface area contributed by atoms with E-state index >= 15 is 0 Å². The van der Waals surface area contributed by atoms with Crippen LogP contribution in [0.4, 0.5) is 5.69 Å². The van der Waals surface area contributed by atoms with Crippen molar-refractivity contribution in [3.8, 4) is 22.2 Å². The number of benzene rings is 1. The highest BCUT2D eigenvalue weighted by atomic mass is 32.2. The van der Waals surface area contributed by atoms with Gasteiger partial charge in [-0.1, -0.05) is 17.8 Å². The van der Waals surface area contributed by atoms with E-state index in [2.05, 4.69) is 15.5 Å². The third-order valence-corrected chi connectivity index (χ3v) is 5.37. The average Bonchev–Trinajstić information content (AvgIpc) is 3.32. The smallest absolute Gasteiger partial charge is 0.234 e. The lowest BCUT2D eigenvalue weighted by molar-refractivity contribution is -0.113. The average molecular weight is 420 g/mol. The zero-order chi connectivity index (χ0) is 19.9. The van der Waals surface area contributed by atoms with Crippen LogP contribution in [-0.2, 0) is 4.79 Å². The Hall–Kier alpha value is -2.72. The van der Waals surface area contributed by atoms with Crippen LogP contribution in [-0.4, -0.2) is 39.7 Å². The first kappa shape index (κ1) is 20.0. The van der Waals surface area contributed by atoms with Crippen molar-refractivity contribution in [1.29, 1.82) is 0 Å². The molecule has 0 spiro atoms. The number of nitrogens with zero attached hydrogens (tertiary/aromatic N) is 3. The lowest BCUT2D eigenvalue weighted by Gasteiger charge is -2.13. The Kier molecular flexibility index (Phi) is 6.77. The first-order chi connectivity index (χ1) is 13.6. The number of hydrogen-bond acceptors (Lipinski definition) is 8. The first-order valence-corrected chi connectivity index (χ1v) is 10.6. The van der Waals surface area contributed by atoms with Gasteiger partial charge >= 0.3 is 0 Å². The summed E-state index contributed by atoms with van der Waals surface area (Å²) in [5.41, 5.74) is 0.631. The Balaban J connectivity index is 1.61. The van der Waals surface area contributed by atoms with Gasteiger partial charge in [0.1, 0.15) is 0 Å². The number of rotatable bonds is 9. The molecule has 0 unspecified atom stereocenters. The standard InChI is InChI=1S/C18H21N5O3S2/c1-3-25-13-8-7-12(10-14(13)26-4-2)20-16(24)11-28-18-22-21-17(23(18)19)15-6-5-9-27-15/h5-10H,3-4,11,19H2,1-2H3,(H,20,24). The molecule has 1 aromatic carbocycles. The number of amides is 1. The van der Waals surface area contributed by atoms with Crippen LogP contribution in [0.5, 0.6) is 11.5 Å². The third kappa shape index (κ3) is 4.76. The van der Waals surface area contributed by atoms with Crippen molar-refractivity contribution in [2.75, 3.05) is 30.1 Å². The van der Waals surface area contributed by atoms with Gasteiger partial charge < -0.3 is 20.6 Å². The number of nitrogens with one attached hydrogen (secondary N) is 1. The highest BCUT2D eigenvalue weighted by Crippen LogP contribution is 2.31. The minimum atomic E-state index is -0.183. The lowest BCUT2D eigenvalue weighted by atomic mass is 10.2. The van der Waals surface area contributed by atoms with Gasteiger partial charge in [0.25, 0.3) is 0 Å². The largest absolute Gasteiger partial charge is 0.490 e. The molecule has 28 heavy (non-hydrogen) atoms. The van der Waals surface area contributed by atoms with Crippen LogP contribution in [0.15, 0.2) is 40.9 Å². The molecule has 0 saturated carbocycles. The molecule has 2 aromatic heterocycles. The first-order valence-electron chi connectivity index (χ1n) is 8.69. The second-order valence-corrected chi connectivity index (χ2v) is 7.41. The van der Waals surface area contributed by atoms with Gasteiger partial charge in [-0.05, 0) is 37.4 Å². The molecule has 0 atom stereocenters. The van der Waals surface area contributed by atoms with Crippen molar-refractivity contribution >= 4 is 34.7 Å². The molecule has 1 amide bonds. The normalized spacial score (nSPS) is 10.6. The van der Waals surface area contributed by atoms with Crippen molar-refractivity contribution in [2.45, 2.75) is 19.0 Å². The number of thiophene rings is 1. The number of aromatic nitrogens is 3. The van der Waals surface area contributed by atoms with E-state index in [4.69, 9.17) is 15.3 Å². The van der Waals surface area contributed by atoms with Crippen LogP contribution in [0.1, 0.15) is 13.8 Å². The van der Waals surface area contributed by atoms with Crippen molar-refractivity contribution in [3.63, 3.8) is 0 Å². The summed E-state index contributed by atoms with van der Waals surface area (Å²) in [5, 5.41) is 13.4. The summed E-state index contributed by atoms with van der Waals surface area (Å²) in [6, 6.07) is 9.14. The maximum atomic E-state index is 12.3. The van der Waals surface area contributed by atoms with E-state index in [0.29, 0.717) is 41.4 Å². The van der Waals surface area contributed by atoms with Crippen LogP contribution >= 0.6 is 23.1 Å². The number of nitrogens with two attached hydrogens (primary N) is 1. The van der Waals surface area contributed by atoms with Gasteiger partial charge in [0.05, 0.1) is 23.8 Å². The number of nitrogen functional groups attached to an aromatic ring is 1. The molecule has 0 radical (unpaired) electrons. The van der Waals surface area contributed by atoms with Gasteiger partial charge in [0.2, 0.25) is 11.1 Å². The molecule has 0 aliphatic heterocycles. The topological polar surface area (TPSA) is 104 Å². The summed E-state index contributed by atoms with van der Waals surface area (Å²) in [6.07, 6.45) is 0. The second-order valence-electron chi connectivity index (χ2n) is 5.52. The zero-order valence-electron chi connectivity index (χ0n) is 15.5. The summed E-state index contributed by atoms with van der Waals surface area (Å²) in [6.45, 7) is 4.84. The van der Waals surface area contributed by atoms with Gasteiger partial charge in [-0.15, -0.1) is 21.5 Å². The molecular weight excluding hydrogens is 398 g/mol. The van der Waals surface area contributed by atoms with Crippen LogP contribution in [0.25, 0.3) is 10.7 Å². The Morgan fingerprint density at radius 1 is 1.21 bits per heavy atom. The maximum absolute atomic E-state index is 12.3. The molecule has 148 valence electrons. The van der Waals surface area contributed by atoms with E-state index in [1.54, 1.807) is 18.2 Å². The minimum absolute atomic E-state index is 0.150. The van der Waals surface area contributed by atoms with Gasteiger partial charge in [-0.3, -0.25) is 4.79 Å². The number of thioether (sulfide) groups is 1. The van der Waals surface area contributed by atoms with E-state index in [-0.39, 0.29) is 11.7 Å². The number of ether oxygens (including phenoxy) is 2. The number of carbonyl (C=O) groups is 1. The molecule has 0 fully saturated rings. The molecule has 0 saturated heterocycles. The second kappa shape index (κ2) is 9.47. The lowest BCUT2D eigenvalue weighted by Crippen LogP contribution is -2.16. The Labute approximate surface area is 171 Å². The van der Waals surface area contributed by atoms with Crippen molar-refractivity contribution in [1.82, 2.24) is 14.9 Å². The Bertz CT molecular complexity index is 927. The van der Waals surface area contributed by atoms with Gasteiger partial charge in [-0.25, -0.2) is 4.68 Å². The van der Waals surface area contributed by atoms with Crippen LogP contribution < -0.4 is 20.6 Å². The third-order valence-electron chi connectivity index (χ3n) is 3.57. The van der Waals surface area contributed by atoms with Gasteiger partial charge in [-0.2, -0.15) is 0 Å². The summed E-state index contributed by atoms with van der Waals surface area (Å²) in [5.74, 6) is 7.83. The predicted octanol–water partition coefficient (Wildman–Crippen LogP) is 3.25. The molecule has 0 bridgehead atoms. The van der Waals surface area contributed by atoms with Crippen molar-refractivity contribution < 1.29 is 14.3 Å². The molecule has 3 aromatic rings. The fourth-order valence-electron chi connectivity index (χ4n) is 2.41. The van der Waals surface area contributed by atoms with Gasteiger partial charge in [0.15, 0.2) is 17.3 Å². The number of hydrogen-bond donors (Lipinski definition) is 2. The molecular formula is C18H21N5O3S2. The molecule has 8 nitrogen and oxygen atoms in total. The van der Waals surface area contributed by atoms with E-state index in [0.717, 1.165) is 4.88 Å². The van der Waals surface area contributed by atoms with E-state index in [9.17, 15) is 4.79 Å². The summed E-state index contributed by atoms with van der Waals surface area (Å²) < 4.78 is 12.5. The Morgan fingerprint density at radius 2 is 2.00 bits per heavy atom. The summed E-state index contributed by atoms with van der Waals surface area (Å²) >= 11 is 2.74. The zero-order valence-corrected chi connectivity index (χ0v) is 17.2. The molecule has 3 rings (SSSR count). The van der Waals surface area contributed by atoms with Crippen molar-refractivity contribution in [3.05, 3.63) is 35.7 Å². The SMILES string of the molecule is CCOc1ccc(NC(=O)CSc2nnc(-c3cccs3)n2N)cc1OCC. The van der Waals surface area contributed by atoms with Crippen LogP contribution in [0.3, 0.4) is 0 Å². The summed E-state index contributed by atoms with van der Waals surface area (Å²) in [4.78, 5) is 13.2. The fraction of sp³-hybridized carbons (Fsp3) is 0.278. The monoisotopic (exact) mass is 419 g/mol. The molecule has 10 heteroatoms. The van der Waals surface area contributed by atoms with E-state index in [1.807, 2.05) is 31.4 Å². The molecule has 0 aliphatic rings. The van der Waals surface area contributed by atoms with E-state index in [1.165, 1.54) is 27.8 Å². The van der Waals surface area contributed by atoms with Crippen LogP contribution in [0, 0.1) is 0 Å². The van der Waals surface area contributed by atoms with Crippen molar-refractivity contribution in [2.24, 2.45) is 0 Å². The number of anilines is 1. The fourth-order valence-corrected chi connectivity index (χ4v) is 3.77. The predicted molar refractivity (Wildman–Crippen MR) is 112 cm³/mol. The number of carbonyl (C=O) groups excluding carboxylic acids is 1. The van der Waals surface area contributed by atoms with E-state index < -0.39 is 0 Å². The Morgan fingerprint density at radius 3 is 2.71 bits per heavy atom. The maximum Gasteiger partial charge on any atom is 0.234 e. The van der Waals surface area contributed by atoms with Gasteiger partial charge in [0, 0.05) is 11.8 Å². The quantitative estimate of drug-likeness (QED) is 0.405. The molecule has 0 aliphatic carbocycles. The summed E-state index contributed by atoms with van der Waals surface area (Å²) in [7, 11) is 0. The minimum Gasteiger partial charge on any atom is -0.490 e. The van der Waals surface area contributed by atoms with Crippen LogP contribution in [0.2, 0.25) is 0 Å². The molecule has 3 N–H and O–H groups in total. The molecule has 2 heterocycles.